The second-order valence-corrected chi connectivity index (χ2v) is 13.8. The summed E-state index contributed by atoms with van der Waals surface area (Å²) in [5.74, 6) is 0.393. The van der Waals surface area contributed by atoms with Crippen LogP contribution >= 0.6 is 0 Å². The molecule has 0 aromatic carbocycles. The molecule has 0 amide bonds. The number of hydrogen-bond donors (Lipinski definition) is 3. The number of Topliss-reactive ketones (excluding diaryl/α,β-unsaturated/α-hetero) is 1. The van der Waals surface area contributed by atoms with Crippen molar-refractivity contribution in [3.05, 3.63) is 0 Å². The van der Waals surface area contributed by atoms with Gasteiger partial charge in [-0.25, -0.2) is 0 Å². The van der Waals surface area contributed by atoms with Gasteiger partial charge in [-0.05, 0) is 64.2 Å². The lowest BCUT2D eigenvalue weighted by molar-refractivity contribution is -0.280. The van der Waals surface area contributed by atoms with Crippen molar-refractivity contribution in [1.29, 1.82) is 0 Å². The summed E-state index contributed by atoms with van der Waals surface area (Å²) in [6.45, 7) is 0. The van der Waals surface area contributed by atoms with Gasteiger partial charge in [-0.3, -0.25) is 4.79 Å². The zero-order chi connectivity index (χ0) is 25.3. The number of rotatable bonds is 0. The second kappa shape index (κ2) is 10.9. The van der Waals surface area contributed by atoms with Gasteiger partial charge in [0.05, 0.1) is 11.1 Å². The fourth-order valence-electron chi connectivity index (χ4n) is 9.62. The summed E-state index contributed by atoms with van der Waals surface area (Å²) in [6, 6.07) is 0.296. The van der Waals surface area contributed by atoms with E-state index in [1.54, 1.807) is 5.06 Å². The first-order valence-corrected chi connectivity index (χ1v) is 15.6. The van der Waals surface area contributed by atoms with Crippen molar-refractivity contribution in [2.45, 2.75) is 182 Å². The molecule has 4 spiro atoms. The number of nitrogens with two attached hydrogens (primary N) is 1. The first kappa shape index (κ1) is 27.1. The van der Waals surface area contributed by atoms with Crippen LogP contribution in [-0.2, 0) is 4.79 Å². The molecule has 0 aromatic heterocycles. The van der Waals surface area contributed by atoms with Crippen LogP contribution in [0.2, 0.25) is 0 Å². The van der Waals surface area contributed by atoms with Crippen molar-refractivity contribution in [1.82, 2.24) is 10.1 Å². The molecule has 0 atom stereocenters. The molecule has 6 nitrogen and oxygen atoms in total. The molecule has 206 valence electrons. The Hall–Kier alpha value is -0.530. The Morgan fingerprint density at radius 3 is 1.14 bits per heavy atom. The predicted octanol–water partition coefficient (Wildman–Crippen LogP) is 6.65. The first-order valence-electron chi connectivity index (χ1n) is 15.6. The van der Waals surface area contributed by atoms with Crippen LogP contribution in [0.25, 0.3) is 0 Å². The van der Waals surface area contributed by atoms with Gasteiger partial charge in [-0.1, -0.05) is 77.0 Å². The van der Waals surface area contributed by atoms with Gasteiger partial charge in [0.1, 0.15) is 5.78 Å². The SMILES string of the molecule is NC1CC2(CCCCC2)N(O)C2(CCCCC2)C1.O=C1CC2(CCCCC2)N(O)C2(CCCCC2)C1. The van der Waals surface area contributed by atoms with Gasteiger partial charge in [0.25, 0.3) is 0 Å². The summed E-state index contributed by atoms with van der Waals surface area (Å²) in [4.78, 5) is 12.2. The van der Waals surface area contributed by atoms with Gasteiger partial charge in [0.2, 0.25) is 0 Å². The maximum absolute atomic E-state index is 12.2. The molecule has 4 N–H and O–H groups in total. The predicted molar refractivity (Wildman–Crippen MR) is 142 cm³/mol. The molecule has 6 fully saturated rings. The number of carbonyl (C=O) groups excluding carboxylic acids is 1. The first-order chi connectivity index (χ1) is 17.3. The lowest BCUT2D eigenvalue weighted by Crippen LogP contribution is -2.67. The Morgan fingerprint density at radius 2 is 0.806 bits per heavy atom. The van der Waals surface area contributed by atoms with Crippen molar-refractivity contribution in [2.24, 2.45) is 5.73 Å². The summed E-state index contributed by atoms with van der Waals surface area (Å²) in [6.07, 6.45) is 26.7. The number of ketones is 1. The van der Waals surface area contributed by atoms with Crippen molar-refractivity contribution < 1.29 is 15.2 Å². The van der Waals surface area contributed by atoms with E-state index in [0.29, 0.717) is 24.7 Å². The van der Waals surface area contributed by atoms with Crippen LogP contribution in [0, 0.1) is 0 Å². The van der Waals surface area contributed by atoms with Crippen LogP contribution in [0.5, 0.6) is 0 Å². The molecule has 2 saturated heterocycles. The minimum Gasteiger partial charge on any atom is -0.328 e. The van der Waals surface area contributed by atoms with Gasteiger partial charge >= 0.3 is 0 Å². The minimum atomic E-state index is -0.203. The molecule has 6 aliphatic rings. The Balaban J connectivity index is 0.000000148. The highest BCUT2D eigenvalue weighted by atomic mass is 16.5. The zero-order valence-electron chi connectivity index (χ0n) is 22.8. The molecule has 0 bridgehead atoms. The molecular formula is C30H53N3O3. The van der Waals surface area contributed by atoms with E-state index in [4.69, 9.17) is 5.73 Å². The van der Waals surface area contributed by atoms with E-state index < -0.39 is 0 Å². The van der Waals surface area contributed by atoms with Crippen LogP contribution in [0.15, 0.2) is 0 Å². The Morgan fingerprint density at radius 1 is 0.528 bits per heavy atom. The third-order valence-electron chi connectivity index (χ3n) is 11.3. The second-order valence-electron chi connectivity index (χ2n) is 13.8. The smallest absolute Gasteiger partial charge is 0.136 e. The average molecular weight is 504 g/mol. The van der Waals surface area contributed by atoms with Crippen LogP contribution < -0.4 is 5.73 Å². The van der Waals surface area contributed by atoms with Crippen molar-refractivity contribution in [3.8, 4) is 0 Å². The topological polar surface area (TPSA) is 90.0 Å². The Labute approximate surface area is 219 Å². The highest BCUT2D eigenvalue weighted by molar-refractivity contribution is 5.82. The summed E-state index contributed by atoms with van der Waals surface area (Å²) in [5, 5.41) is 25.3. The molecule has 6 rings (SSSR count). The highest BCUT2D eigenvalue weighted by Gasteiger charge is 2.55. The fourth-order valence-corrected chi connectivity index (χ4v) is 9.62. The molecular weight excluding hydrogens is 450 g/mol. The number of hydroxylamine groups is 4. The summed E-state index contributed by atoms with van der Waals surface area (Å²) in [7, 11) is 0. The van der Waals surface area contributed by atoms with Crippen LogP contribution in [-0.4, -0.2) is 54.5 Å². The van der Waals surface area contributed by atoms with Gasteiger partial charge in [0.15, 0.2) is 0 Å². The van der Waals surface area contributed by atoms with E-state index in [1.165, 1.54) is 77.0 Å². The quantitative estimate of drug-likeness (QED) is 0.343. The monoisotopic (exact) mass is 503 g/mol. The van der Waals surface area contributed by atoms with Crippen LogP contribution in [0.3, 0.4) is 0 Å². The van der Waals surface area contributed by atoms with Crippen molar-refractivity contribution in [2.75, 3.05) is 0 Å². The number of carbonyl (C=O) groups is 1. The largest absolute Gasteiger partial charge is 0.328 e. The minimum absolute atomic E-state index is 0.0211. The standard InChI is InChI=1S/C15H28N2O.C15H25NO2/c16-13-11-14(7-3-1-4-8-14)17(18)15(12-13)9-5-2-6-10-15;17-13-11-14(7-3-1-4-8-14)16(18)15(12-13)9-5-2-6-10-15/h13,18H,1-12,16H2;18H,1-12H2. The maximum atomic E-state index is 12.2. The van der Waals surface area contributed by atoms with Gasteiger partial charge < -0.3 is 16.1 Å². The molecule has 36 heavy (non-hydrogen) atoms. The third-order valence-corrected chi connectivity index (χ3v) is 11.3. The van der Waals surface area contributed by atoms with Gasteiger partial charge in [0, 0.05) is 30.0 Å². The Kier molecular flexibility index (Phi) is 8.20. The molecule has 0 radical (unpaired) electrons. The van der Waals surface area contributed by atoms with E-state index >= 15 is 0 Å². The number of piperidine rings is 2. The Bertz CT molecular complexity index is 689. The molecule has 6 heteroatoms. The molecule has 4 aliphatic carbocycles. The molecule has 0 aromatic rings. The van der Waals surface area contributed by atoms with E-state index in [2.05, 4.69) is 0 Å². The summed E-state index contributed by atoms with van der Waals surface area (Å²) >= 11 is 0. The van der Waals surface area contributed by atoms with Gasteiger partial charge in [-0.2, -0.15) is 10.1 Å². The van der Waals surface area contributed by atoms with Crippen molar-refractivity contribution >= 4 is 5.78 Å². The summed E-state index contributed by atoms with van der Waals surface area (Å²) < 4.78 is 0. The fraction of sp³-hybridized carbons (Fsp3) is 0.967. The van der Waals surface area contributed by atoms with E-state index in [9.17, 15) is 15.2 Å². The lowest BCUT2D eigenvalue weighted by Gasteiger charge is -2.59. The molecule has 2 heterocycles. The van der Waals surface area contributed by atoms with E-state index in [0.717, 1.165) is 64.2 Å². The summed E-state index contributed by atoms with van der Waals surface area (Å²) in [5.41, 5.74) is 6.01. The maximum Gasteiger partial charge on any atom is 0.136 e. The average Bonchev–Trinajstić information content (AvgIpc) is 2.89. The zero-order valence-corrected chi connectivity index (χ0v) is 22.8. The third kappa shape index (κ3) is 5.06. The number of hydrogen-bond acceptors (Lipinski definition) is 6. The number of nitrogens with zero attached hydrogens (tertiary/aromatic N) is 2. The van der Waals surface area contributed by atoms with E-state index in [-0.39, 0.29) is 22.2 Å². The highest BCUT2D eigenvalue weighted by Crippen LogP contribution is 2.51. The van der Waals surface area contributed by atoms with Crippen molar-refractivity contribution in [3.63, 3.8) is 0 Å². The van der Waals surface area contributed by atoms with Crippen LogP contribution in [0.4, 0.5) is 0 Å². The molecule has 0 unspecified atom stereocenters. The molecule has 2 aliphatic heterocycles. The van der Waals surface area contributed by atoms with Gasteiger partial charge in [-0.15, -0.1) is 0 Å². The van der Waals surface area contributed by atoms with E-state index in [1.807, 2.05) is 5.06 Å². The normalized spacial score (nSPS) is 34.0. The van der Waals surface area contributed by atoms with Crippen LogP contribution in [0.1, 0.15) is 154 Å². The molecule has 4 saturated carbocycles. The lowest BCUT2D eigenvalue weighted by atomic mass is 9.65.